The fraction of sp³-hybridized carbons (Fsp3) is 0.444. The SMILES string of the molecule is COc1ccc(Cc2nnc(SCC(=O)N[C@@](C)(C#N)C(C)C)o2)cc1. The Kier molecular flexibility index (Phi) is 6.64. The normalized spacial score (nSPS) is 13.1. The number of hydrogen-bond acceptors (Lipinski definition) is 7. The highest BCUT2D eigenvalue weighted by atomic mass is 32.2. The lowest BCUT2D eigenvalue weighted by Crippen LogP contribution is -2.49. The van der Waals surface area contributed by atoms with Gasteiger partial charge in [-0.2, -0.15) is 5.26 Å². The molecule has 1 heterocycles. The fourth-order valence-corrected chi connectivity index (χ4v) is 2.62. The zero-order valence-electron chi connectivity index (χ0n) is 15.3. The number of methoxy groups -OCH3 is 1. The second-order valence-electron chi connectivity index (χ2n) is 6.29. The molecule has 0 radical (unpaired) electrons. The molecule has 0 unspecified atom stereocenters. The lowest BCUT2D eigenvalue weighted by Gasteiger charge is -2.27. The topological polar surface area (TPSA) is 101 Å². The van der Waals surface area contributed by atoms with E-state index >= 15 is 0 Å². The molecule has 0 aliphatic heterocycles. The number of nitrogens with one attached hydrogen (secondary N) is 1. The van der Waals surface area contributed by atoms with E-state index in [4.69, 9.17) is 9.15 Å². The monoisotopic (exact) mass is 374 g/mol. The Morgan fingerprint density at radius 1 is 1.38 bits per heavy atom. The molecular formula is C18H22N4O3S. The lowest BCUT2D eigenvalue weighted by atomic mass is 9.90. The van der Waals surface area contributed by atoms with E-state index in [1.807, 2.05) is 38.1 Å². The molecule has 1 N–H and O–H groups in total. The zero-order chi connectivity index (χ0) is 19.2. The van der Waals surface area contributed by atoms with Crippen LogP contribution in [0.3, 0.4) is 0 Å². The predicted molar refractivity (Wildman–Crippen MR) is 97.8 cm³/mol. The van der Waals surface area contributed by atoms with Gasteiger partial charge in [0.2, 0.25) is 11.8 Å². The Morgan fingerprint density at radius 2 is 2.08 bits per heavy atom. The highest BCUT2D eigenvalue weighted by Gasteiger charge is 2.30. The van der Waals surface area contributed by atoms with Gasteiger partial charge in [0.25, 0.3) is 5.22 Å². The van der Waals surface area contributed by atoms with E-state index in [0.29, 0.717) is 17.5 Å². The van der Waals surface area contributed by atoms with Gasteiger partial charge < -0.3 is 14.5 Å². The van der Waals surface area contributed by atoms with E-state index in [1.54, 1.807) is 14.0 Å². The van der Waals surface area contributed by atoms with Crippen molar-refractivity contribution in [2.24, 2.45) is 5.92 Å². The number of carbonyl (C=O) groups is 1. The average Bonchev–Trinajstić information content (AvgIpc) is 3.07. The predicted octanol–water partition coefficient (Wildman–Crippen LogP) is 2.82. The van der Waals surface area contributed by atoms with Crippen molar-refractivity contribution in [3.8, 4) is 11.8 Å². The second-order valence-corrected chi connectivity index (χ2v) is 7.22. The van der Waals surface area contributed by atoms with Crippen LogP contribution < -0.4 is 10.1 Å². The molecule has 26 heavy (non-hydrogen) atoms. The Labute approximate surface area is 157 Å². The molecule has 2 aromatic rings. The number of amides is 1. The molecular weight excluding hydrogens is 352 g/mol. The lowest BCUT2D eigenvalue weighted by molar-refractivity contribution is -0.120. The summed E-state index contributed by atoms with van der Waals surface area (Å²) in [7, 11) is 1.62. The number of rotatable bonds is 8. The summed E-state index contributed by atoms with van der Waals surface area (Å²) in [5, 5.41) is 20.3. The number of ether oxygens (including phenoxy) is 1. The largest absolute Gasteiger partial charge is 0.497 e. The first kappa shape index (κ1) is 19.8. The van der Waals surface area contributed by atoms with E-state index in [-0.39, 0.29) is 17.6 Å². The maximum atomic E-state index is 12.1. The van der Waals surface area contributed by atoms with Crippen LogP contribution in [-0.2, 0) is 11.2 Å². The molecule has 0 aliphatic rings. The van der Waals surface area contributed by atoms with E-state index in [2.05, 4.69) is 21.6 Å². The standard InChI is InChI=1S/C18H22N4O3S/c1-12(2)18(3,11-19)20-15(23)10-26-17-22-21-16(25-17)9-13-5-7-14(24-4)8-6-13/h5-8,12H,9-10H2,1-4H3,(H,20,23)/t18-/m0/s1. The summed E-state index contributed by atoms with van der Waals surface area (Å²) in [5.74, 6) is 1.12. The van der Waals surface area contributed by atoms with Crippen LogP contribution in [0.5, 0.6) is 5.75 Å². The molecule has 0 saturated carbocycles. The number of carbonyl (C=O) groups excluding carboxylic acids is 1. The first-order valence-electron chi connectivity index (χ1n) is 8.16. The Balaban J connectivity index is 1.88. The first-order valence-corrected chi connectivity index (χ1v) is 9.15. The van der Waals surface area contributed by atoms with Crippen LogP contribution in [-0.4, -0.2) is 34.5 Å². The number of aromatic nitrogens is 2. The maximum absolute atomic E-state index is 12.1. The highest BCUT2D eigenvalue weighted by Crippen LogP contribution is 2.20. The third-order valence-corrected chi connectivity index (χ3v) is 4.89. The van der Waals surface area contributed by atoms with Crippen molar-refractivity contribution in [1.29, 1.82) is 5.26 Å². The first-order chi connectivity index (χ1) is 12.4. The number of nitrogens with zero attached hydrogens (tertiary/aromatic N) is 3. The maximum Gasteiger partial charge on any atom is 0.277 e. The molecule has 0 bridgehead atoms. The van der Waals surface area contributed by atoms with Crippen LogP contribution in [0.15, 0.2) is 33.9 Å². The van der Waals surface area contributed by atoms with Crippen LogP contribution in [0.2, 0.25) is 0 Å². The third kappa shape index (κ3) is 5.23. The summed E-state index contributed by atoms with van der Waals surface area (Å²) < 4.78 is 10.7. The van der Waals surface area contributed by atoms with Gasteiger partial charge in [0, 0.05) is 0 Å². The summed E-state index contributed by atoms with van der Waals surface area (Å²) in [6.45, 7) is 5.49. The van der Waals surface area contributed by atoms with E-state index in [9.17, 15) is 10.1 Å². The van der Waals surface area contributed by atoms with Crippen molar-refractivity contribution in [3.05, 3.63) is 35.7 Å². The molecule has 1 aromatic heterocycles. The number of benzene rings is 1. The van der Waals surface area contributed by atoms with Crippen molar-refractivity contribution in [3.63, 3.8) is 0 Å². The molecule has 1 amide bonds. The Hall–Kier alpha value is -2.53. The van der Waals surface area contributed by atoms with Crippen LogP contribution in [0.4, 0.5) is 0 Å². The fourth-order valence-electron chi connectivity index (χ4n) is 2.04. The average molecular weight is 374 g/mol. The van der Waals surface area contributed by atoms with Gasteiger partial charge >= 0.3 is 0 Å². The molecule has 1 atom stereocenters. The second kappa shape index (κ2) is 8.72. The number of thioether (sulfide) groups is 1. The van der Waals surface area contributed by atoms with Crippen molar-refractivity contribution in [1.82, 2.24) is 15.5 Å². The summed E-state index contributed by atoms with van der Waals surface area (Å²) in [4.78, 5) is 12.1. The molecule has 8 heteroatoms. The van der Waals surface area contributed by atoms with E-state index in [1.165, 1.54) is 0 Å². The van der Waals surface area contributed by atoms with Gasteiger partial charge in [-0.15, -0.1) is 10.2 Å². The summed E-state index contributed by atoms with van der Waals surface area (Å²) in [6.07, 6.45) is 0.504. The van der Waals surface area contributed by atoms with Crippen LogP contribution >= 0.6 is 11.8 Å². The minimum absolute atomic E-state index is 0.000883. The van der Waals surface area contributed by atoms with Crippen LogP contribution in [0.1, 0.15) is 32.2 Å². The summed E-state index contributed by atoms with van der Waals surface area (Å²) >= 11 is 1.15. The van der Waals surface area contributed by atoms with Crippen molar-refractivity contribution < 1.29 is 13.9 Å². The molecule has 0 saturated heterocycles. The molecule has 0 aliphatic carbocycles. The minimum atomic E-state index is -0.897. The van der Waals surface area contributed by atoms with Gasteiger partial charge in [0.15, 0.2) is 0 Å². The highest BCUT2D eigenvalue weighted by molar-refractivity contribution is 7.99. The van der Waals surface area contributed by atoms with Crippen LogP contribution in [0, 0.1) is 17.2 Å². The quantitative estimate of drug-likeness (QED) is 0.709. The Bertz CT molecular complexity index is 782. The zero-order valence-corrected chi connectivity index (χ0v) is 16.1. The minimum Gasteiger partial charge on any atom is -0.497 e. The van der Waals surface area contributed by atoms with Gasteiger partial charge in [0.1, 0.15) is 11.3 Å². The molecule has 2 rings (SSSR count). The Morgan fingerprint density at radius 3 is 2.65 bits per heavy atom. The van der Waals surface area contributed by atoms with Gasteiger partial charge in [0.05, 0.1) is 25.4 Å². The number of hydrogen-bond donors (Lipinski definition) is 1. The number of nitriles is 1. The van der Waals surface area contributed by atoms with Crippen molar-refractivity contribution in [2.45, 2.75) is 38.0 Å². The van der Waals surface area contributed by atoms with E-state index < -0.39 is 5.54 Å². The smallest absolute Gasteiger partial charge is 0.277 e. The van der Waals surface area contributed by atoms with Crippen LogP contribution in [0.25, 0.3) is 0 Å². The molecule has 0 fully saturated rings. The third-order valence-electron chi connectivity index (χ3n) is 4.08. The van der Waals surface area contributed by atoms with Crippen molar-refractivity contribution >= 4 is 17.7 Å². The molecule has 1 aromatic carbocycles. The van der Waals surface area contributed by atoms with Gasteiger partial charge in [-0.25, -0.2) is 0 Å². The van der Waals surface area contributed by atoms with Crippen molar-refractivity contribution in [2.75, 3.05) is 12.9 Å². The summed E-state index contributed by atoms with van der Waals surface area (Å²) in [5.41, 5.74) is 0.122. The van der Waals surface area contributed by atoms with Gasteiger partial charge in [-0.1, -0.05) is 37.7 Å². The molecule has 0 spiro atoms. The van der Waals surface area contributed by atoms with Gasteiger partial charge in [-0.05, 0) is 30.5 Å². The van der Waals surface area contributed by atoms with E-state index in [0.717, 1.165) is 23.1 Å². The summed E-state index contributed by atoms with van der Waals surface area (Å²) in [6, 6.07) is 9.74. The van der Waals surface area contributed by atoms with Gasteiger partial charge in [-0.3, -0.25) is 4.79 Å². The molecule has 138 valence electrons. The molecule has 7 nitrogen and oxygen atoms in total.